The molecular formula is C16H25BrO2. The lowest BCUT2D eigenvalue weighted by Crippen LogP contribution is -2.27. The highest BCUT2D eigenvalue weighted by Gasteiger charge is 2.24. The van der Waals surface area contributed by atoms with Crippen LogP contribution >= 0.6 is 15.9 Å². The van der Waals surface area contributed by atoms with E-state index >= 15 is 0 Å². The van der Waals surface area contributed by atoms with Crippen LogP contribution in [0.15, 0.2) is 24.3 Å². The number of methoxy groups -OCH3 is 1. The Morgan fingerprint density at radius 1 is 1.16 bits per heavy atom. The second kappa shape index (κ2) is 7.91. The van der Waals surface area contributed by atoms with Gasteiger partial charge in [-0.3, -0.25) is 0 Å². The number of ether oxygens (including phenoxy) is 2. The lowest BCUT2D eigenvalue weighted by Gasteiger charge is -2.29. The van der Waals surface area contributed by atoms with Crippen LogP contribution in [0.4, 0.5) is 0 Å². The van der Waals surface area contributed by atoms with Gasteiger partial charge in [0.05, 0.1) is 13.2 Å². The maximum atomic E-state index is 5.88. The van der Waals surface area contributed by atoms with Crippen LogP contribution in [-0.4, -0.2) is 25.7 Å². The molecule has 1 rings (SSSR count). The topological polar surface area (TPSA) is 18.5 Å². The van der Waals surface area contributed by atoms with E-state index in [1.54, 1.807) is 7.11 Å². The molecule has 0 spiro atoms. The Kier molecular flexibility index (Phi) is 6.87. The van der Waals surface area contributed by atoms with Crippen molar-refractivity contribution in [1.29, 1.82) is 0 Å². The largest absolute Gasteiger partial charge is 0.493 e. The maximum Gasteiger partial charge on any atom is 0.119 e. The van der Waals surface area contributed by atoms with Crippen molar-refractivity contribution in [1.82, 2.24) is 0 Å². The molecule has 0 aliphatic carbocycles. The van der Waals surface area contributed by atoms with Crippen molar-refractivity contribution < 1.29 is 9.47 Å². The smallest absolute Gasteiger partial charge is 0.119 e. The zero-order valence-corrected chi connectivity index (χ0v) is 14.0. The molecule has 0 aliphatic heterocycles. The van der Waals surface area contributed by atoms with Gasteiger partial charge in [0.25, 0.3) is 0 Å². The first-order valence-corrected chi connectivity index (χ1v) is 7.86. The van der Waals surface area contributed by atoms with E-state index in [1.807, 2.05) is 12.1 Å². The molecule has 0 N–H and O–H groups in total. The second-order valence-electron chi connectivity index (χ2n) is 5.92. The van der Waals surface area contributed by atoms with Crippen LogP contribution in [0.5, 0.6) is 5.75 Å². The molecule has 0 radical (unpaired) electrons. The van der Waals surface area contributed by atoms with Gasteiger partial charge in [0, 0.05) is 18.4 Å². The Balaban J connectivity index is 2.49. The molecule has 1 aromatic carbocycles. The van der Waals surface area contributed by atoms with Crippen LogP contribution < -0.4 is 4.74 Å². The zero-order chi connectivity index (χ0) is 14.3. The molecule has 108 valence electrons. The molecule has 1 atom stereocenters. The van der Waals surface area contributed by atoms with Gasteiger partial charge in [-0.05, 0) is 29.5 Å². The molecule has 2 nitrogen and oxygen atoms in total. The first-order chi connectivity index (χ1) is 8.97. The first kappa shape index (κ1) is 16.5. The lowest BCUT2D eigenvalue weighted by molar-refractivity contribution is 0.166. The number of alkyl halides is 1. The van der Waals surface area contributed by atoms with Crippen molar-refractivity contribution >= 4 is 15.9 Å². The van der Waals surface area contributed by atoms with Gasteiger partial charge >= 0.3 is 0 Å². The predicted molar refractivity (Wildman–Crippen MR) is 84.3 cm³/mol. The van der Waals surface area contributed by atoms with Crippen molar-refractivity contribution in [3.8, 4) is 5.75 Å². The Hall–Kier alpha value is -0.540. The van der Waals surface area contributed by atoms with Gasteiger partial charge in [-0.1, -0.05) is 48.8 Å². The van der Waals surface area contributed by atoms with Crippen LogP contribution in [0.25, 0.3) is 0 Å². The molecule has 1 unspecified atom stereocenters. The van der Waals surface area contributed by atoms with Crippen LogP contribution in [-0.2, 0) is 11.2 Å². The molecular weight excluding hydrogens is 304 g/mol. The van der Waals surface area contributed by atoms with Crippen molar-refractivity contribution in [2.24, 2.45) is 11.3 Å². The highest BCUT2D eigenvalue weighted by Crippen LogP contribution is 2.28. The van der Waals surface area contributed by atoms with Gasteiger partial charge in [0.2, 0.25) is 0 Å². The van der Waals surface area contributed by atoms with Gasteiger partial charge in [-0.25, -0.2) is 0 Å². The molecule has 1 aromatic rings. The summed E-state index contributed by atoms with van der Waals surface area (Å²) in [6.07, 6.45) is 0.947. The van der Waals surface area contributed by atoms with E-state index in [9.17, 15) is 0 Å². The van der Waals surface area contributed by atoms with Crippen LogP contribution in [0.1, 0.15) is 26.3 Å². The van der Waals surface area contributed by atoms with E-state index in [-0.39, 0.29) is 5.41 Å². The van der Waals surface area contributed by atoms with E-state index in [0.717, 1.165) is 30.7 Å². The van der Waals surface area contributed by atoms with Crippen LogP contribution in [0.2, 0.25) is 0 Å². The van der Waals surface area contributed by atoms with E-state index in [0.29, 0.717) is 5.92 Å². The quantitative estimate of drug-likeness (QED) is 0.694. The van der Waals surface area contributed by atoms with Gasteiger partial charge in [0.15, 0.2) is 0 Å². The molecule has 0 aromatic heterocycles. The average molecular weight is 329 g/mol. The molecule has 0 saturated heterocycles. The third-order valence-corrected chi connectivity index (χ3v) is 4.16. The molecule has 0 amide bonds. The minimum absolute atomic E-state index is 0.252. The van der Waals surface area contributed by atoms with Gasteiger partial charge in [-0.15, -0.1) is 0 Å². The highest BCUT2D eigenvalue weighted by atomic mass is 79.9. The van der Waals surface area contributed by atoms with Crippen molar-refractivity contribution in [2.75, 3.05) is 25.7 Å². The number of halogens is 1. The molecule has 19 heavy (non-hydrogen) atoms. The highest BCUT2D eigenvalue weighted by molar-refractivity contribution is 9.09. The summed E-state index contributed by atoms with van der Waals surface area (Å²) in [5.41, 5.74) is 1.53. The molecule has 0 saturated carbocycles. The van der Waals surface area contributed by atoms with Crippen molar-refractivity contribution in [2.45, 2.75) is 27.2 Å². The molecule has 0 heterocycles. The number of benzene rings is 1. The minimum atomic E-state index is 0.252. The summed E-state index contributed by atoms with van der Waals surface area (Å²) in [6.45, 7) is 8.24. The molecule has 3 heteroatoms. The summed E-state index contributed by atoms with van der Waals surface area (Å²) in [5.74, 6) is 1.44. The first-order valence-electron chi connectivity index (χ1n) is 6.74. The summed E-state index contributed by atoms with van der Waals surface area (Å²) in [5, 5.41) is 0.961. The molecule has 0 fully saturated rings. The summed E-state index contributed by atoms with van der Waals surface area (Å²) in [7, 11) is 1.73. The fourth-order valence-electron chi connectivity index (χ4n) is 1.70. The third kappa shape index (κ3) is 5.96. The summed E-state index contributed by atoms with van der Waals surface area (Å²) in [6, 6.07) is 8.29. The normalized spacial score (nSPS) is 13.3. The van der Waals surface area contributed by atoms with Crippen LogP contribution in [0, 0.1) is 11.3 Å². The van der Waals surface area contributed by atoms with E-state index in [4.69, 9.17) is 9.47 Å². The lowest BCUT2D eigenvalue weighted by atomic mass is 9.83. The SMILES string of the molecule is COCCc1ccc(OCC(CBr)C(C)(C)C)cc1. The van der Waals surface area contributed by atoms with E-state index in [1.165, 1.54) is 5.56 Å². The predicted octanol–water partition coefficient (Wildman–Crippen LogP) is 4.31. The van der Waals surface area contributed by atoms with E-state index < -0.39 is 0 Å². The Bertz CT molecular complexity index is 354. The minimum Gasteiger partial charge on any atom is -0.493 e. The van der Waals surface area contributed by atoms with Gasteiger partial charge < -0.3 is 9.47 Å². The number of rotatable bonds is 7. The monoisotopic (exact) mass is 328 g/mol. The maximum absolute atomic E-state index is 5.88. The Morgan fingerprint density at radius 3 is 2.26 bits per heavy atom. The number of hydrogen-bond acceptors (Lipinski definition) is 2. The summed E-state index contributed by atoms with van der Waals surface area (Å²) >= 11 is 3.57. The second-order valence-corrected chi connectivity index (χ2v) is 6.56. The average Bonchev–Trinajstić information content (AvgIpc) is 2.37. The van der Waals surface area contributed by atoms with Gasteiger partial charge in [0.1, 0.15) is 5.75 Å². The summed E-state index contributed by atoms with van der Waals surface area (Å²) < 4.78 is 11.0. The van der Waals surface area contributed by atoms with E-state index in [2.05, 4.69) is 48.8 Å². The third-order valence-electron chi connectivity index (χ3n) is 3.38. The fraction of sp³-hybridized carbons (Fsp3) is 0.625. The van der Waals surface area contributed by atoms with Crippen LogP contribution in [0.3, 0.4) is 0 Å². The molecule has 0 aliphatic rings. The summed E-state index contributed by atoms with van der Waals surface area (Å²) in [4.78, 5) is 0. The Labute approximate surface area is 125 Å². The fourth-order valence-corrected chi connectivity index (χ4v) is 2.85. The zero-order valence-electron chi connectivity index (χ0n) is 12.4. The van der Waals surface area contributed by atoms with Gasteiger partial charge in [-0.2, -0.15) is 0 Å². The Morgan fingerprint density at radius 2 is 1.79 bits per heavy atom. The standard InChI is InChI=1S/C16H25BrO2/c1-16(2,3)14(11-17)12-19-15-7-5-13(6-8-15)9-10-18-4/h5-8,14H,9-12H2,1-4H3. The van der Waals surface area contributed by atoms with Crippen molar-refractivity contribution in [3.63, 3.8) is 0 Å². The van der Waals surface area contributed by atoms with Crippen molar-refractivity contribution in [3.05, 3.63) is 29.8 Å². The number of hydrogen-bond donors (Lipinski definition) is 0. The molecule has 0 bridgehead atoms.